The van der Waals surface area contributed by atoms with Crippen LogP contribution in [0, 0.1) is 13.8 Å². The summed E-state index contributed by atoms with van der Waals surface area (Å²) < 4.78 is 12.1. The number of hydrogen-bond acceptors (Lipinski definition) is 6. The fraction of sp³-hybridized carbons (Fsp3) is 0.192. The van der Waals surface area contributed by atoms with E-state index in [9.17, 15) is 9.59 Å². The molecule has 0 aliphatic carbocycles. The molecule has 8 heteroatoms. The molecule has 0 aliphatic heterocycles. The molecular weight excluding hydrogens is 450 g/mol. The second-order valence-corrected chi connectivity index (χ2v) is 8.67. The molecule has 0 aliphatic rings. The van der Waals surface area contributed by atoms with Crippen molar-refractivity contribution in [2.75, 3.05) is 25.3 Å². The highest BCUT2D eigenvalue weighted by Gasteiger charge is 2.16. The van der Waals surface area contributed by atoms with Gasteiger partial charge in [0.15, 0.2) is 5.16 Å². The second kappa shape index (κ2) is 10.0. The average molecular weight is 476 g/mol. The summed E-state index contributed by atoms with van der Waals surface area (Å²) in [6.45, 7) is 4.02. The monoisotopic (exact) mass is 475 g/mol. The highest BCUT2D eigenvalue weighted by atomic mass is 32.2. The highest BCUT2D eigenvalue weighted by molar-refractivity contribution is 7.99. The normalized spacial score (nSPS) is 10.8. The van der Waals surface area contributed by atoms with Crippen LogP contribution in [0.3, 0.4) is 0 Å². The van der Waals surface area contributed by atoms with E-state index in [1.807, 2.05) is 44.2 Å². The largest absolute Gasteiger partial charge is 0.497 e. The molecule has 0 bridgehead atoms. The van der Waals surface area contributed by atoms with Crippen molar-refractivity contribution in [2.45, 2.75) is 19.0 Å². The van der Waals surface area contributed by atoms with E-state index in [2.05, 4.69) is 5.32 Å². The van der Waals surface area contributed by atoms with Gasteiger partial charge in [-0.25, -0.2) is 4.98 Å². The van der Waals surface area contributed by atoms with Crippen LogP contribution in [0.5, 0.6) is 11.5 Å². The van der Waals surface area contributed by atoms with Gasteiger partial charge in [0, 0.05) is 6.07 Å². The van der Waals surface area contributed by atoms with E-state index < -0.39 is 0 Å². The number of carbonyl (C=O) groups excluding carboxylic acids is 1. The zero-order valence-corrected chi connectivity index (χ0v) is 20.2. The van der Waals surface area contributed by atoms with Gasteiger partial charge in [-0.05, 0) is 61.4 Å². The molecule has 0 saturated carbocycles. The molecule has 0 radical (unpaired) electrons. The van der Waals surface area contributed by atoms with E-state index in [-0.39, 0.29) is 17.2 Å². The Morgan fingerprint density at radius 3 is 2.53 bits per heavy atom. The summed E-state index contributed by atoms with van der Waals surface area (Å²) in [6, 6.07) is 18.2. The molecule has 3 aromatic carbocycles. The molecule has 0 unspecified atom stereocenters. The van der Waals surface area contributed by atoms with Gasteiger partial charge in [-0.3, -0.25) is 14.2 Å². The van der Waals surface area contributed by atoms with Crippen molar-refractivity contribution in [1.82, 2.24) is 9.55 Å². The molecule has 0 fully saturated rings. The van der Waals surface area contributed by atoms with Gasteiger partial charge < -0.3 is 14.8 Å². The third kappa shape index (κ3) is 4.77. The summed E-state index contributed by atoms with van der Waals surface area (Å²) >= 11 is 1.20. The summed E-state index contributed by atoms with van der Waals surface area (Å²) in [5.74, 6) is 0.934. The van der Waals surface area contributed by atoms with Crippen LogP contribution in [0.4, 0.5) is 5.69 Å². The number of rotatable bonds is 7. The Kier molecular flexibility index (Phi) is 6.88. The number of aromatic nitrogens is 2. The van der Waals surface area contributed by atoms with E-state index >= 15 is 0 Å². The van der Waals surface area contributed by atoms with Crippen molar-refractivity contribution < 1.29 is 14.3 Å². The molecule has 0 spiro atoms. The summed E-state index contributed by atoms with van der Waals surface area (Å²) in [4.78, 5) is 30.9. The van der Waals surface area contributed by atoms with Crippen LogP contribution in [-0.4, -0.2) is 35.4 Å². The number of thioether (sulfide) groups is 1. The number of nitrogens with zero attached hydrogens (tertiary/aromatic N) is 2. The van der Waals surface area contributed by atoms with Gasteiger partial charge in [-0.2, -0.15) is 0 Å². The lowest BCUT2D eigenvalue weighted by molar-refractivity contribution is -0.113. The van der Waals surface area contributed by atoms with Crippen molar-refractivity contribution in [3.05, 3.63) is 82.1 Å². The minimum Gasteiger partial charge on any atom is -0.497 e. The lowest BCUT2D eigenvalue weighted by Crippen LogP contribution is -2.23. The fourth-order valence-corrected chi connectivity index (χ4v) is 4.33. The molecule has 0 atom stereocenters. The zero-order chi connectivity index (χ0) is 24.2. The van der Waals surface area contributed by atoms with E-state index in [0.717, 1.165) is 11.1 Å². The number of fused-ring (bicyclic) bond motifs is 1. The van der Waals surface area contributed by atoms with Crippen LogP contribution < -0.4 is 20.3 Å². The van der Waals surface area contributed by atoms with Gasteiger partial charge >= 0.3 is 0 Å². The first-order chi connectivity index (χ1) is 16.4. The fourth-order valence-electron chi connectivity index (χ4n) is 3.52. The van der Waals surface area contributed by atoms with Crippen LogP contribution in [0.2, 0.25) is 0 Å². The number of para-hydroxylation sites is 1. The second-order valence-electron chi connectivity index (χ2n) is 7.72. The molecule has 7 nitrogen and oxygen atoms in total. The first kappa shape index (κ1) is 23.4. The Hall–Kier alpha value is -3.78. The third-order valence-electron chi connectivity index (χ3n) is 5.51. The molecule has 1 aromatic heterocycles. The van der Waals surface area contributed by atoms with Crippen molar-refractivity contribution in [3.8, 4) is 17.2 Å². The van der Waals surface area contributed by atoms with Crippen molar-refractivity contribution >= 4 is 34.3 Å². The highest BCUT2D eigenvalue weighted by Crippen LogP contribution is 2.29. The molecule has 0 saturated heterocycles. The third-order valence-corrected chi connectivity index (χ3v) is 6.45. The molecule has 1 N–H and O–H groups in total. The van der Waals surface area contributed by atoms with Gasteiger partial charge in [-0.15, -0.1) is 0 Å². The zero-order valence-electron chi connectivity index (χ0n) is 19.4. The standard InChI is InChI=1S/C26H25N3O4S/c1-16-9-10-18(13-17(16)2)29-25(31)20-7-5-6-8-21(20)28-26(29)34-15-24(30)27-22-12-11-19(32-3)14-23(22)33-4/h5-14H,15H2,1-4H3,(H,27,30). The van der Waals surface area contributed by atoms with Crippen LogP contribution in [-0.2, 0) is 4.79 Å². The number of nitrogens with one attached hydrogen (secondary N) is 1. The average Bonchev–Trinajstić information content (AvgIpc) is 2.85. The molecule has 34 heavy (non-hydrogen) atoms. The predicted molar refractivity (Wildman–Crippen MR) is 136 cm³/mol. The smallest absolute Gasteiger partial charge is 0.266 e. The minimum absolute atomic E-state index is 0.0603. The van der Waals surface area contributed by atoms with E-state index in [4.69, 9.17) is 14.5 Å². The van der Waals surface area contributed by atoms with Crippen LogP contribution in [0.1, 0.15) is 11.1 Å². The Labute approximate surface area is 201 Å². The number of benzene rings is 3. The minimum atomic E-state index is -0.248. The van der Waals surface area contributed by atoms with E-state index in [1.165, 1.54) is 18.9 Å². The first-order valence-electron chi connectivity index (χ1n) is 10.7. The molecule has 4 rings (SSSR count). The maximum Gasteiger partial charge on any atom is 0.266 e. The SMILES string of the molecule is COc1ccc(NC(=O)CSc2nc3ccccc3c(=O)n2-c2ccc(C)c(C)c2)c(OC)c1. The maximum absolute atomic E-state index is 13.4. The van der Waals surface area contributed by atoms with Crippen LogP contribution in [0.25, 0.3) is 16.6 Å². The summed E-state index contributed by atoms with van der Waals surface area (Å²) in [5.41, 5.74) is 3.87. The number of methoxy groups -OCH3 is 2. The lowest BCUT2D eigenvalue weighted by Gasteiger charge is -2.15. The Morgan fingerprint density at radius 1 is 1.00 bits per heavy atom. The predicted octanol–water partition coefficient (Wildman–Crippen LogP) is 4.75. The number of amides is 1. The topological polar surface area (TPSA) is 82.5 Å². The lowest BCUT2D eigenvalue weighted by atomic mass is 10.1. The molecule has 1 amide bonds. The van der Waals surface area contributed by atoms with E-state index in [1.54, 1.807) is 42.0 Å². The number of anilines is 1. The van der Waals surface area contributed by atoms with Gasteiger partial charge in [0.25, 0.3) is 5.56 Å². The van der Waals surface area contributed by atoms with E-state index in [0.29, 0.717) is 38.9 Å². The van der Waals surface area contributed by atoms with Crippen molar-refractivity contribution in [2.24, 2.45) is 0 Å². The van der Waals surface area contributed by atoms with Crippen LogP contribution in [0.15, 0.2) is 70.6 Å². The Bertz CT molecular complexity index is 1430. The van der Waals surface area contributed by atoms with Gasteiger partial charge in [0.1, 0.15) is 11.5 Å². The first-order valence-corrected chi connectivity index (χ1v) is 11.6. The molecule has 4 aromatic rings. The van der Waals surface area contributed by atoms with Crippen molar-refractivity contribution in [3.63, 3.8) is 0 Å². The number of aryl methyl sites for hydroxylation is 2. The van der Waals surface area contributed by atoms with Gasteiger partial charge in [-0.1, -0.05) is 30.0 Å². The Balaban J connectivity index is 1.66. The summed E-state index contributed by atoms with van der Waals surface area (Å²) in [5, 5.41) is 3.83. The molecule has 1 heterocycles. The number of hydrogen-bond donors (Lipinski definition) is 1. The molecular formula is C26H25N3O4S. The number of ether oxygens (including phenoxy) is 2. The molecule has 174 valence electrons. The van der Waals surface area contributed by atoms with Crippen molar-refractivity contribution in [1.29, 1.82) is 0 Å². The van der Waals surface area contributed by atoms with Gasteiger partial charge in [0.2, 0.25) is 5.91 Å². The van der Waals surface area contributed by atoms with Gasteiger partial charge in [0.05, 0.1) is 42.3 Å². The summed E-state index contributed by atoms with van der Waals surface area (Å²) in [7, 11) is 3.09. The quantitative estimate of drug-likeness (QED) is 0.307. The number of carbonyl (C=O) groups is 1. The maximum atomic E-state index is 13.4. The van der Waals surface area contributed by atoms with Crippen LogP contribution >= 0.6 is 11.8 Å². The Morgan fingerprint density at radius 2 is 1.79 bits per heavy atom. The summed E-state index contributed by atoms with van der Waals surface area (Å²) in [6.07, 6.45) is 0.